The number of hydrogen-bond acceptors (Lipinski definition) is 6. The van der Waals surface area contributed by atoms with E-state index >= 15 is 0 Å². The van der Waals surface area contributed by atoms with Crippen molar-refractivity contribution >= 4 is 56.2 Å². The van der Waals surface area contributed by atoms with Crippen molar-refractivity contribution in [1.82, 2.24) is 10.3 Å². The van der Waals surface area contributed by atoms with Gasteiger partial charge in [0.25, 0.3) is 5.24 Å². The lowest BCUT2D eigenvalue weighted by Crippen LogP contribution is -2.18. The topological polar surface area (TPSA) is 67.5 Å². The van der Waals surface area contributed by atoms with Crippen molar-refractivity contribution in [3.63, 3.8) is 0 Å². The summed E-state index contributed by atoms with van der Waals surface area (Å²) in [5, 5.41) is 3.50. The van der Waals surface area contributed by atoms with Gasteiger partial charge in [-0.05, 0) is 79.2 Å². The van der Waals surface area contributed by atoms with Gasteiger partial charge in [0.15, 0.2) is 10.8 Å². The van der Waals surface area contributed by atoms with Crippen molar-refractivity contribution in [1.29, 1.82) is 0 Å². The average Bonchev–Trinajstić information content (AvgIpc) is 3.43. The van der Waals surface area contributed by atoms with Crippen LogP contribution in [0, 0.1) is 13.8 Å². The second-order valence-electron chi connectivity index (χ2n) is 6.94. The first kappa shape index (κ1) is 18.8. The summed E-state index contributed by atoms with van der Waals surface area (Å²) in [6.07, 6.45) is 1.83. The van der Waals surface area contributed by atoms with Gasteiger partial charge >= 0.3 is 0 Å². The Kier molecular flexibility index (Phi) is 4.77. The molecule has 1 fully saturated rings. The molecule has 0 aliphatic carbocycles. The van der Waals surface area contributed by atoms with E-state index in [0.717, 1.165) is 43.1 Å². The largest absolute Gasteiger partial charge is 0.454 e. The van der Waals surface area contributed by atoms with Gasteiger partial charge in [0, 0.05) is 0 Å². The van der Waals surface area contributed by atoms with Crippen molar-refractivity contribution in [3.8, 4) is 10.8 Å². The molecule has 1 aliphatic rings. The van der Waals surface area contributed by atoms with Gasteiger partial charge in [0.05, 0.1) is 20.8 Å². The van der Waals surface area contributed by atoms with E-state index < -0.39 is 0 Å². The van der Waals surface area contributed by atoms with Crippen LogP contribution in [0.3, 0.4) is 0 Å². The summed E-state index contributed by atoms with van der Waals surface area (Å²) in [7, 11) is 0. The third-order valence-corrected chi connectivity index (χ3v) is 6.66. The Hall–Kier alpha value is -3.16. The molecule has 1 amide bonds. The van der Waals surface area contributed by atoms with Gasteiger partial charge < -0.3 is 9.73 Å². The van der Waals surface area contributed by atoms with Gasteiger partial charge in [0.1, 0.15) is 11.6 Å². The number of benzene rings is 2. The Morgan fingerprint density at radius 1 is 1.07 bits per heavy atom. The molecule has 5 rings (SSSR count). The molecule has 30 heavy (non-hydrogen) atoms. The number of aliphatic imine (C=N–C) groups is 1. The van der Waals surface area contributed by atoms with Gasteiger partial charge in [-0.2, -0.15) is 0 Å². The number of thioether (sulfide) groups is 1. The molecule has 2 aromatic heterocycles. The zero-order valence-corrected chi connectivity index (χ0v) is 17.9. The van der Waals surface area contributed by atoms with Gasteiger partial charge in [-0.25, -0.2) is 9.98 Å². The molecule has 0 unspecified atom stereocenters. The zero-order valence-electron chi connectivity index (χ0n) is 16.3. The quantitative estimate of drug-likeness (QED) is 0.392. The number of thiazole rings is 1. The first-order valence-electron chi connectivity index (χ1n) is 9.38. The number of carbonyl (C=O) groups excluding carboxylic acids is 1. The molecule has 2 aromatic carbocycles. The van der Waals surface area contributed by atoms with Crippen molar-refractivity contribution in [2.45, 2.75) is 13.8 Å². The summed E-state index contributed by atoms with van der Waals surface area (Å²) in [6.45, 7) is 4.11. The Bertz CT molecular complexity index is 1310. The molecule has 1 N–H and O–H groups in total. The highest BCUT2D eigenvalue weighted by atomic mass is 32.2. The highest BCUT2D eigenvalue weighted by Crippen LogP contribution is 2.33. The highest BCUT2D eigenvalue weighted by Gasteiger charge is 2.24. The summed E-state index contributed by atoms with van der Waals surface area (Å²) in [6, 6.07) is 17.8. The first-order valence-corrected chi connectivity index (χ1v) is 11.0. The number of nitrogens with one attached hydrogen (secondary N) is 1. The minimum absolute atomic E-state index is 0.151. The standard InChI is InChI=1S/C23H17N3O2S2/c1-13-7-8-15(11-14(13)2)24-21-20(30-23(27)26-21)12-16-9-10-18(28-16)22-25-17-5-3-4-6-19(17)29-22/h3-12H,1-2H3,(H,24,26,27)/b20-12-. The third kappa shape index (κ3) is 3.69. The molecule has 0 radical (unpaired) electrons. The number of para-hydroxylation sites is 1. The van der Waals surface area contributed by atoms with Crippen LogP contribution < -0.4 is 5.32 Å². The monoisotopic (exact) mass is 431 g/mol. The number of nitrogens with zero attached hydrogens (tertiary/aromatic N) is 2. The molecular formula is C23H17N3O2S2. The van der Waals surface area contributed by atoms with E-state index in [1.807, 2.05) is 67.6 Å². The molecule has 0 spiro atoms. The van der Waals surface area contributed by atoms with Gasteiger partial charge in [0.2, 0.25) is 0 Å². The Morgan fingerprint density at radius 3 is 2.77 bits per heavy atom. The molecule has 5 nitrogen and oxygen atoms in total. The van der Waals surface area contributed by atoms with Crippen molar-refractivity contribution in [3.05, 3.63) is 76.4 Å². The summed E-state index contributed by atoms with van der Waals surface area (Å²) in [4.78, 5) is 22.0. The van der Waals surface area contributed by atoms with E-state index in [2.05, 4.69) is 22.2 Å². The second kappa shape index (κ2) is 7.59. The summed E-state index contributed by atoms with van der Waals surface area (Å²) in [5.74, 6) is 1.89. The van der Waals surface area contributed by atoms with E-state index in [0.29, 0.717) is 17.4 Å². The lowest BCUT2D eigenvalue weighted by molar-refractivity contribution is 0.265. The predicted molar refractivity (Wildman–Crippen MR) is 124 cm³/mol. The van der Waals surface area contributed by atoms with Crippen LogP contribution in [0.15, 0.2) is 68.9 Å². The van der Waals surface area contributed by atoms with Gasteiger partial charge in [-0.3, -0.25) is 4.79 Å². The SMILES string of the molecule is Cc1ccc(N=C2NC(=O)S/C2=C\c2ccc(-c3nc4ccccc4s3)o2)cc1C. The minimum Gasteiger partial charge on any atom is -0.454 e. The number of aryl methyl sites for hydroxylation is 2. The fraction of sp³-hybridized carbons (Fsp3) is 0.0870. The molecule has 4 aromatic rings. The summed E-state index contributed by atoms with van der Waals surface area (Å²) < 4.78 is 7.11. The van der Waals surface area contributed by atoms with Crippen molar-refractivity contribution in [2.75, 3.05) is 0 Å². The lowest BCUT2D eigenvalue weighted by Gasteiger charge is -2.02. The number of furan rings is 1. The van der Waals surface area contributed by atoms with Crippen LogP contribution in [-0.2, 0) is 0 Å². The maximum Gasteiger partial charge on any atom is 0.289 e. The Morgan fingerprint density at radius 2 is 1.93 bits per heavy atom. The molecule has 1 aliphatic heterocycles. The van der Waals surface area contributed by atoms with E-state index in [4.69, 9.17) is 4.42 Å². The maximum atomic E-state index is 12.0. The maximum absolute atomic E-state index is 12.0. The van der Waals surface area contributed by atoms with E-state index in [1.165, 1.54) is 5.56 Å². The Balaban J connectivity index is 1.46. The number of aromatic nitrogens is 1. The van der Waals surface area contributed by atoms with Crippen molar-refractivity contribution in [2.24, 2.45) is 4.99 Å². The fourth-order valence-corrected chi connectivity index (χ4v) is 4.73. The molecule has 0 atom stereocenters. The molecule has 3 heterocycles. The normalized spacial score (nSPS) is 16.7. The minimum atomic E-state index is -0.151. The second-order valence-corrected chi connectivity index (χ2v) is 8.99. The van der Waals surface area contributed by atoms with E-state index in [-0.39, 0.29) is 5.24 Å². The number of amides is 1. The van der Waals surface area contributed by atoms with Crippen LogP contribution in [0.2, 0.25) is 0 Å². The molecule has 0 bridgehead atoms. The zero-order chi connectivity index (χ0) is 20.7. The average molecular weight is 432 g/mol. The molecule has 1 saturated heterocycles. The van der Waals surface area contributed by atoms with E-state index in [9.17, 15) is 4.79 Å². The summed E-state index contributed by atoms with van der Waals surface area (Å²) in [5.41, 5.74) is 4.12. The number of fused-ring (bicyclic) bond motifs is 1. The number of amidine groups is 1. The van der Waals surface area contributed by atoms with Crippen LogP contribution >= 0.6 is 23.1 Å². The van der Waals surface area contributed by atoms with Gasteiger partial charge in [-0.1, -0.05) is 18.2 Å². The fourth-order valence-electron chi connectivity index (χ4n) is 3.09. The number of hydrogen-bond donors (Lipinski definition) is 1. The number of carbonyl (C=O) groups is 1. The van der Waals surface area contributed by atoms with Crippen LogP contribution in [0.1, 0.15) is 16.9 Å². The predicted octanol–water partition coefficient (Wildman–Crippen LogP) is 6.70. The number of rotatable bonds is 3. The summed E-state index contributed by atoms with van der Waals surface area (Å²) >= 11 is 2.70. The van der Waals surface area contributed by atoms with Crippen LogP contribution in [0.25, 0.3) is 27.1 Å². The highest BCUT2D eigenvalue weighted by molar-refractivity contribution is 8.18. The molecule has 148 valence electrons. The van der Waals surface area contributed by atoms with E-state index in [1.54, 1.807) is 11.3 Å². The Labute approximate surface area is 181 Å². The smallest absolute Gasteiger partial charge is 0.289 e. The molecular weight excluding hydrogens is 414 g/mol. The van der Waals surface area contributed by atoms with Crippen LogP contribution in [0.5, 0.6) is 0 Å². The van der Waals surface area contributed by atoms with Crippen LogP contribution in [0.4, 0.5) is 10.5 Å². The van der Waals surface area contributed by atoms with Gasteiger partial charge in [-0.15, -0.1) is 11.3 Å². The molecule has 0 saturated carbocycles. The van der Waals surface area contributed by atoms with Crippen LogP contribution in [-0.4, -0.2) is 16.1 Å². The lowest BCUT2D eigenvalue weighted by atomic mass is 10.1. The third-order valence-electron chi connectivity index (χ3n) is 4.79. The first-order chi connectivity index (χ1) is 14.5. The van der Waals surface area contributed by atoms with Crippen molar-refractivity contribution < 1.29 is 9.21 Å². The molecule has 7 heteroatoms.